The number of nitrogens with one attached hydrogen (secondary N) is 2. The Kier molecular flexibility index (Phi) is 3.57. The molecule has 4 nitrogen and oxygen atoms in total. The zero-order chi connectivity index (χ0) is 8.81. The highest BCUT2D eigenvalue weighted by Crippen LogP contribution is 2.17. The molecule has 0 aromatic heterocycles. The fourth-order valence-electron chi connectivity index (χ4n) is 1.62. The van der Waals surface area contributed by atoms with E-state index in [9.17, 15) is 9.59 Å². The van der Waals surface area contributed by atoms with Crippen molar-refractivity contribution < 1.29 is 9.59 Å². The third-order valence-electron chi connectivity index (χ3n) is 2.33. The normalized spacial score (nSPS) is 29.0. The van der Waals surface area contributed by atoms with E-state index in [2.05, 4.69) is 10.6 Å². The third kappa shape index (κ3) is 2.53. The lowest BCUT2D eigenvalue weighted by Gasteiger charge is -2.27. The van der Waals surface area contributed by atoms with Gasteiger partial charge in [-0.2, -0.15) is 0 Å². The smallest absolute Gasteiger partial charge is 0.207 e. The Morgan fingerprint density at radius 3 is 1.42 bits per heavy atom. The fraction of sp³-hybridized carbons (Fsp3) is 0.750. The van der Waals surface area contributed by atoms with Crippen LogP contribution < -0.4 is 10.6 Å². The van der Waals surface area contributed by atoms with Gasteiger partial charge in [0.05, 0.1) is 0 Å². The minimum atomic E-state index is 0.312. The van der Waals surface area contributed by atoms with Gasteiger partial charge in [-0.1, -0.05) is 0 Å². The number of carbonyl (C=O) groups excluding carboxylic acids is 2. The predicted molar refractivity (Wildman–Crippen MR) is 44.4 cm³/mol. The van der Waals surface area contributed by atoms with Crippen LogP contribution in [0.15, 0.2) is 0 Å². The Balaban J connectivity index is 2.19. The Morgan fingerprint density at radius 1 is 0.833 bits per heavy atom. The zero-order valence-corrected chi connectivity index (χ0v) is 6.95. The molecule has 0 atom stereocenters. The van der Waals surface area contributed by atoms with Crippen LogP contribution in [0.5, 0.6) is 0 Å². The van der Waals surface area contributed by atoms with Crippen LogP contribution in [0.4, 0.5) is 0 Å². The molecule has 12 heavy (non-hydrogen) atoms. The second-order valence-electron chi connectivity index (χ2n) is 3.12. The van der Waals surface area contributed by atoms with Gasteiger partial charge in [-0.25, -0.2) is 0 Å². The van der Waals surface area contributed by atoms with E-state index in [0.29, 0.717) is 12.1 Å². The molecule has 0 bridgehead atoms. The standard InChI is InChI=1S/C8H14N2O2/c11-5-9-7-1-2-8(4-3-7)10-6-12/h5-8H,1-4H2,(H,9,11)(H,10,12). The van der Waals surface area contributed by atoms with Crippen LogP contribution in [0.3, 0.4) is 0 Å². The van der Waals surface area contributed by atoms with E-state index >= 15 is 0 Å². The Hall–Kier alpha value is -1.06. The van der Waals surface area contributed by atoms with Crippen molar-refractivity contribution in [2.45, 2.75) is 37.8 Å². The summed E-state index contributed by atoms with van der Waals surface area (Å²) in [5, 5.41) is 5.50. The first kappa shape index (κ1) is 9.03. The second-order valence-corrected chi connectivity index (χ2v) is 3.12. The summed E-state index contributed by atoms with van der Waals surface area (Å²) >= 11 is 0. The zero-order valence-electron chi connectivity index (χ0n) is 6.95. The summed E-state index contributed by atoms with van der Waals surface area (Å²) in [7, 11) is 0. The molecule has 1 rings (SSSR count). The fourth-order valence-corrected chi connectivity index (χ4v) is 1.62. The quantitative estimate of drug-likeness (QED) is 0.573. The molecule has 0 heterocycles. The van der Waals surface area contributed by atoms with Gasteiger partial charge in [0.25, 0.3) is 0 Å². The van der Waals surface area contributed by atoms with E-state index in [4.69, 9.17) is 0 Å². The van der Waals surface area contributed by atoms with Gasteiger partial charge >= 0.3 is 0 Å². The van der Waals surface area contributed by atoms with Crippen molar-refractivity contribution in [2.75, 3.05) is 0 Å². The molecule has 2 amide bonds. The van der Waals surface area contributed by atoms with Crippen molar-refractivity contribution in [3.05, 3.63) is 0 Å². The summed E-state index contributed by atoms with van der Waals surface area (Å²) in [6.07, 6.45) is 5.35. The number of hydrogen-bond donors (Lipinski definition) is 2. The van der Waals surface area contributed by atoms with Gasteiger partial charge in [0.1, 0.15) is 0 Å². The molecule has 1 fully saturated rings. The van der Waals surface area contributed by atoms with Crippen LogP contribution in [0, 0.1) is 0 Å². The van der Waals surface area contributed by atoms with Gasteiger partial charge in [0.15, 0.2) is 0 Å². The van der Waals surface area contributed by atoms with Crippen LogP contribution in [0.2, 0.25) is 0 Å². The molecule has 0 radical (unpaired) electrons. The van der Waals surface area contributed by atoms with E-state index in [-0.39, 0.29) is 0 Å². The summed E-state index contributed by atoms with van der Waals surface area (Å²) in [6, 6.07) is 0.624. The van der Waals surface area contributed by atoms with Crippen molar-refractivity contribution in [3.8, 4) is 0 Å². The topological polar surface area (TPSA) is 58.2 Å². The maximum Gasteiger partial charge on any atom is 0.207 e. The molecule has 0 aromatic rings. The molecular formula is C8H14N2O2. The molecule has 0 saturated heterocycles. The molecule has 1 saturated carbocycles. The van der Waals surface area contributed by atoms with Crippen molar-refractivity contribution in [1.82, 2.24) is 10.6 Å². The van der Waals surface area contributed by atoms with E-state index in [1.54, 1.807) is 0 Å². The first-order valence-corrected chi connectivity index (χ1v) is 4.26. The van der Waals surface area contributed by atoms with E-state index < -0.39 is 0 Å². The van der Waals surface area contributed by atoms with Crippen molar-refractivity contribution in [2.24, 2.45) is 0 Å². The predicted octanol–water partition coefficient (Wildman–Crippen LogP) is -0.210. The summed E-state index contributed by atoms with van der Waals surface area (Å²) in [6.45, 7) is 0. The molecular weight excluding hydrogens is 156 g/mol. The number of hydrogen-bond acceptors (Lipinski definition) is 2. The number of carbonyl (C=O) groups is 2. The Morgan fingerprint density at radius 2 is 1.17 bits per heavy atom. The third-order valence-corrected chi connectivity index (χ3v) is 2.33. The summed E-state index contributed by atoms with van der Waals surface area (Å²) < 4.78 is 0. The minimum absolute atomic E-state index is 0.312. The number of amides is 2. The second kappa shape index (κ2) is 4.74. The van der Waals surface area contributed by atoms with E-state index in [1.165, 1.54) is 0 Å². The van der Waals surface area contributed by atoms with E-state index in [0.717, 1.165) is 38.5 Å². The maximum absolute atomic E-state index is 10.1. The Labute approximate surface area is 71.7 Å². The van der Waals surface area contributed by atoms with Gasteiger partial charge in [-0.05, 0) is 25.7 Å². The summed E-state index contributed by atoms with van der Waals surface area (Å²) in [4.78, 5) is 20.2. The van der Waals surface area contributed by atoms with Crippen LogP contribution in [-0.2, 0) is 9.59 Å². The van der Waals surface area contributed by atoms with Gasteiger partial charge in [0, 0.05) is 12.1 Å². The lowest BCUT2D eigenvalue weighted by Crippen LogP contribution is -2.38. The van der Waals surface area contributed by atoms with Gasteiger partial charge in [-0.3, -0.25) is 9.59 Å². The minimum Gasteiger partial charge on any atom is -0.356 e. The summed E-state index contributed by atoms with van der Waals surface area (Å²) in [5.74, 6) is 0. The average molecular weight is 170 g/mol. The van der Waals surface area contributed by atoms with Gasteiger partial charge < -0.3 is 10.6 Å². The van der Waals surface area contributed by atoms with Crippen LogP contribution in [-0.4, -0.2) is 24.9 Å². The highest BCUT2D eigenvalue weighted by molar-refractivity contribution is 5.47. The molecule has 0 spiro atoms. The first-order valence-electron chi connectivity index (χ1n) is 4.26. The van der Waals surface area contributed by atoms with Crippen LogP contribution >= 0.6 is 0 Å². The highest BCUT2D eigenvalue weighted by atomic mass is 16.1. The molecule has 0 aliphatic heterocycles. The lowest BCUT2D eigenvalue weighted by atomic mass is 9.91. The molecule has 2 N–H and O–H groups in total. The number of rotatable bonds is 4. The maximum atomic E-state index is 10.1. The molecule has 1 aliphatic rings. The Bertz CT molecular complexity index is 135. The average Bonchev–Trinajstić information content (AvgIpc) is 2.09. The largest absolute Gasteiger partial charge is 0.356 e. The van der Waals surface area contributed by atoms with E-state index in [1.807, 2.05) is 0 Å². The first-order chi connectivity index (χ1) is 5.86. The van der Waals surface area contributed by atoms with Crippen LogP contribution in [0.1, 0.15) is 25.7 Å². The molecule has 0 unspecified atom stereocenters. The summed E-state index contributed by atoms with van der Waals surface area (Å²) in [5.41, 5.74) is 0. The molecule has 4 heteroatoms. The van der Waals surface area contributed by atoms with Crippen LogP contribution in [0.25, 0.3) is 0 Å². The van der Waals surface area contributed by atoms with Gasteiger partial charge in [-0.15, -0.1) is 0 Å². The SMILES string of the molecule is O=CNC1CCC(NC=O)CC1. The monoisotopic (exact) mass is 170 g/mol. The molecule has 1 aliphatic carbocycles. The molecule has 68 valence electrons. The van der Waals surface area contributed by atoms with Crippen molar-refractivity contribution in [1.29, 1.82) is 0 Å². The van der Waals surface area contributed by atoms with Crippen molar-refractivity contribution in [3.63, 3.8) is 0 Å². The van der Waals surface area contributed by atoms with Gasteiger partial charge in [0.2, 0.25) is 12.8 Å². The highest BCUT2D eigenvalue weighted by Gasteiger charge is 2.19. The van der Waals surface area contributed by atoms with Crippen molar-refractivity contribution >= 4 is 12.8 Å². The lowest BCUT2D eigenvalue weighted by molar-refractivity contribution is -0.111. The molecule has 0 aromatic carbocycles.